The van der Waals surface area contributed by atoms with Crippen molar-refractivity contribution in [3.05, 3.63) is 29.8 Å². The van der Waals surface area contributed by atoms with Crippen LogP contribution in [0, 0.1) is 11.6 Å². The molecule has 1 aliphatic rings. The van der Waals surface area contributed by atoms with Crippen LogP contribution in [0.1, 0.15) is 0 Å². The first kappa shape index (κ1) is 14.3. The molecule has 1 fully saturated rings. The predicted molar refractivity (Wildman–Crippen MR) is 64.0 cm³/mol. The zero-order valence-electron chi connectivity index (χ0n) is 10.2. The molecule has 0 saturated carbocycles. The number of rotatable bonds is 3. The largest absolute Gasteiger partial charge is 0.390 e. The summed E-state index contributed by atoms with van der Waals surface area (Å²) in [7, 11) is -2.77. The molecule has 1 aliphatic heterocycles. The smallest absolute Gasteiger partial charge is 0.243 e. The highest BCUT2D eigenvalue weighted by Crippen LogP contribution is 2.21. The van der Waals surface area contributed by atoms with Crippen molar-refractivity contribution in [1.29, 1.82) is 0 Å². The molecule has 19 heavy (non-hydrogen) atoms. The Morgan fingerprint density at radius 1 is 1.26 bits per heavy atom. The van der Waals surface area contributed by atoms with E-state index < -0.39 is 38.7 Å². The first-order valence-electron chi connectivity index (χ1n) is 5.65. The van der Waals surface area contributed by atoms with E-state index in [2.05, 4.69) is 5.32 Å². The Balaban J connectivity index is 2.36. The van der Waals surface area contributed by atoms with E-state index in [1.54, 1.807) is 0 Å². The van der Waals surface area contributed by atoms with Crippen molar-refractivity contribution in [3.8, 4) is 0 Å². The van der Waals surface area contributed by atoms with E-state index in [1.165, 1.54) is 7.05 Å². The van der Waals surface area contributed by atoms with E-state index in [9.17, 15) is 22.3 Å². The Morgan fingerprint density at radius 2 is 1.84 bits per heavy atom. The van der Waals surface area contributed by atoms with Gasteiger partial charge in [-0.3, -0.25) is 0 Å². The van der Waals surface area contributed by atoms with E-state index in [1.807, 2.05) is 0 Å². The third-order valence-corrected chi connectivity index (χ3v) is 4.99. The monoisotopic (exact) mass is 292 g/mol. The molecule has 0 aliphatic carbocycles. The number of hydrogen-bond acceptors (Lipinski definition) is 4. The highest BCUT2D eigenvalue weighted by molar-refractivity contribution is 7.89. The molecule has 2 N–H and O–H groups in total. The number of β-amino-alcohol motifs (C(OH)–C–C–N with tert-alkyl or cyclic N) is 1. The van der Waals surface area contributed by atoms with Gasteiger partial charge in [0, 0.05) is 26.2 Å². The van der Waals surface area contributed by atoms with Crippen LogP contribution in [0.5, 0.6) is 0 Å². The van der Waals surface area contributed by atoms with E-state index >= 15 is 0 Å². The molecule has 1 saturated heterocycles. The third kappa shape index (κ3) is 2.76. The molecule has 0 aromatic heterocycles. The van der Waals surface area contributed by atoms with E-state index in [4.69, 9.17) is 0 Å². The number of nitrogens with one attached hydrogen (secondary N) is 1. The second-order valence-corrected chi connectivity index (χ2v) is 6.42. The second-order valence-electron chi connectivity index (χ2n) is 4.42. The second kappa shape index (κ2) is 5.12. The van der Waals surface area contributed by atoms with Crippen molar-refractivity contribution in [2.75, 3.05) is 20.1 Å². The van der Waals surface area contributed by atoms with E-state index in [-0.39, 0.29) is 13.1 Å². The zero-order valence-corrected chi connectivity index (χ0v) is 11.0. The van der Waals surface area contributed by atoms with Gasteiger partial charge in [0.1, 0.15) is 11.6 Å². The number of aliphatic hydroxyl groups is 1. The number of nitrogens with zero attached hydrogens (tertiary/aromatic N) is 1. The molecule has 1 heterocycles. The average Bonchev–Trinajstić information content (AvgIpc) is 2.73. The number of hydrogen-bond donors (Lipinski definition) is 2. The summed E-state index contributed by atoms with van der Waals surface area (Å²) in [6.07, 6.45) is -0.849. The lowest BCUT2D eigenvalue weighted by Gasteiger charge is -2.25. The minimum absolute atomic E-state index is 0.280. The summed E-state index contributed by atoms with van der Waals surface area (Å²) in [5.41, 5.74) is 0. The Morgan fingerprint density at radius 3 is 2.32 bits per heavy atom. The lowest BCUT2D eigenvalue weighted by atomic mass is 10.2. The van der Waals surface area contributed by atoms with Crippen molar-refractivity contribution < 1.29 is 22.3 Å². The maximum absolute atomic E-state index is 13.1. The summed E-state index contributed by atoms with van der Waals surface area (Å²) in [5, 5.41) is 12.5. The summed E-state index contributed by atoms with van der Waals surface area (Å²) in [4.78, 5) is -0.466. The molecule has 0 radical (unpaired) electrons. The van der Waals surface area contributed by atoms with Crippen LogP contribution >= 0.6 is 0 Å². The lowest BCUT2D eigenvalue weighted by Crippen LogP contribution is -2.44. The van der Waals surface area contributed by atoms with Crippen molar-refractivity contribution >= 4 is 10.0 Å². The van der Waals surface area contributed by atoms with Gasteiger partial charge in [0.25, 0.3) is 0 Å². The van der Waals surface area contributed by atoms with Crippen molar-refractivity contribution in [1.82, 2.24) is 9.62 Å². The third-order valence-electron chi connectivity index (χ3n) is 3.13. The van der Waals surface area contributed by atoms with Crippen LogP contribution in [0.2, 0.25) is 0 Å². The summed E-state index contributed by atoms with van der Waals surface area (Å²) in [6.45, 7) is 0.566. The highest BCUT2D eigenvalue weighted by Gasteiger charge is 2.36. The normalized spacial score (nSPS) is 24.1. The van der Waals surface area contributed by atoms with Gasteiger partial charge in [0.05, 0.1) is 17.0 Å². The molecule has 106 valence electrons. The van der Waals surface area contributed by atoms with Crippen molar-refractivity contribution in [2.45, 2.75) is 17.0 Å². The molecule has 8 heteroatoms. The fourth-order valence-corrected chi connectivity index (χ4v) is 3.47. The molecule has 5 nitrogen and oxygen atoms in total. The topological polar surface area (TPSA) is 69.6 Å². The minimum atomic E-state index is -4.05. The first-order valence-corrected chi connectivity index (χ1v) is 7.09. The number of halogens is 2. The summed E-state index contributed by atoms with van der Waals surface area (Å²) in [5.74, 6) is -1.92. The van der Waals surface area contributed by atoms with Gasteiger partial charge in [-0.25, -0.2) is 17.2 Å². The lowest BCUT2D eigenvalue weighted by molar-refractivity contribution is 0.136. The number of likely N-dealkylation sites (N-methyl/N-ethyl adjacent to an activating group) is 1. The minimum Gasteiger partial charge on any atom is -0.390 e. The average molecular weight is 292 g/mol. The molecule has 0 spiro atoms. The van der Waals surface area contributed by atoms with Crippen LogP contribution in [0.3, 0.4) is 0 Å². The Hall–Kier alpha value is -1.09. The number of sulfonamides is 1. The highest BCUT2D eigenvalue weighted by atomic mass is 32.2. The maximum Gasteiger partial charge on any atom is 0.243 e. The Labute approximate surface area is 109 Å². The van der Waals surface area contributed by atoms with Crippen LogP contribution < -0.4 is 5.32 Å². The van der Waals surface area contributed by atoms with E-state index in [0.29, 0.717) is 6.07 Å². The van der Waals surface area contributed by atoms with Gasteiger partial charge in [-0.15, -0.1) is 0 Å². The summed E-state index contributed by atoms with van der Waals surface area (Å²) in [6, 6.07) is 1.45. The van der Waals surface area contributed by atoms with Crippen molar-refractivity contribution in [3.63, 3.8) is 0 Å². The predicted octanol–water partition coefficient (Wildman–Crippen LogP) is -0.0820. The summed E-state index contributed by atoms with van der Waals surface area (Å²) >= 11 is 0. The molecule has 2 atom stereocenters. The molecule has 0 unspecified atom stereocenters. The van der Waals surface area contributed by atoms with Crippen LogP contribution in [0.25, 0.3) is 0 Å². The van der Waals surface area contributed by atoms with Crippen molar-refractivity contribution in [2.24, 2.45) is 0 Å². The van der Waals surface area contributed by atoms with Crippen LogP contribution in [0.15, 0.2) is 23.1 Å². The van der Waals surface area contributed by atoms with Gasteiger partial charge < -0.3 is 10.4 Å². The number of aliphatic hydroxyl groups excluding tert-OH is 1. The number of benzene rings is 1. The van der Waals surface area contributed by atoms with Crippen LogP contribution in [-0.2, 0) is 10.0 Å². The molecule has 0 amide bonds. The first-order chi connectivity index (χ1) is 8.82. The van der Waals surface area contributed by atoms with Gasteiger partial charge in [0.2, 0.25) is 10.0 Å². The molecule has 1 aromatic rings. The zero-order chi connectivity index (χ0) is 14.2. The van der Waals surface area contributed by atoms with Gasteiger partial charge in [-0.05, 0) is 12.1 Å². The molecule has 1 aromatic carbocycles. The molecular weight excluding hydrogens is 278 g/mol. The van der Waals surface area contributed by atoms with Crippen LogP contribution in [-0.4, -0.2) is 50.1 Å². The fraction of sp³-hybridized carbons (Fsp3) is 0.455. The maximum atomic E-state index is 13.1. The van der Waals surface area contributed by atoms with Gasteiger partial charge >= 0.3 is 0 Å². The molecule has 2 rings (SSSR count). The fourth-order valence-electron chi connectivity index (χ4n) is 2.04. The van der Waals surface area contributed by atoms with Crippen LogP contribution in [0.4, 0.5) is 8.78 Å². The Bertz CT molecular complexity index is 559. The molecular formula is C11H14F2N2O3S. The molecule has 0 bridgehead atoms. The van der Waals surface area contributed by atoms with Gasteiger partial charge in [0.15, 0.2) is 0 Å². The van der Waals surface area contributed by atoms with Gasteiger partial charge in [-0.2, -0.15) is 4.31 Å². The summed E-state index contributed by atoms with van der Waals surface area (Å²) < 4.78 is 51.6. The SMILES string of the molecule is CN([C@H]1CNC[C@@H]1O)S(=O)(=O)c1cc(F)cc(F)c1. The van der Waals surface area contributed by atoms with E-state index in [0.717, 1.165) is 16.4 Å². The Kier molecular flexibility index (Phi) is 3.86. The quantitative estimate of drug-likeness (QED) is 0.817. The van der Waals surface area contributed by atoms with Gasteiger partial charge in [-0.1, -0.05) is 0 Å². The standard InChI is InChI=1S/C11H14F2N2O3S/c1-15(10-5-14-6-11(10)16)19(17,18)9-3-7(12)2-8(13)4-9/h2-4,10-11,14,16H,5-6H2,1H3/t10-,11-/m0/s1.